The van der Waals surface area contributed by atoms with Crippen LogP contribution >= 0.6 is 0 Å². The number of halogens is 7. The Balaban J connectivity index is 1.59. The van der Waals surface area contributed by atoms with E-state index >= 15 is 0 Å². The van der Waals surface area contributed by atoms with E-state index in [1.807, 2.05) is 0 Å². The molecule has 1 aromatic carbocycles. The van der Waals surface area contributed by atoms with Crippen LogP contribution in [-0.4, -0.2) is 52.0 Å². The van der Waals surface area contributed by atoms with Crippen LogP contribution in [0.3, 0.4) is 0 Å². The summed E-state index contributed by atoms with van der Waals surface area (Å²) in [6.07, 6.45) is -7.32. The molecule has 220 valence electrons. The van der Waals surface area contributed by atoms with Gasteiger partial charge in [-0.1, -0.05) is 0 Å². The Hall–Kier alpha value is -3.86. The van der Waals surface area contributed by atoms with Crippen LogP contribution in [0.1, 0.15) is 31.2 Å². The van der Waals surface area contributed by atoms with Gasteiger partial charge in [-0.15, -0.1) is 13.2 Å². The van der Waals surface area contributed by atoms with Crippen molar-refractivity contribution in [3.8, 4) is 17.0 Å². The van der Waals surface area contributed by atoms with Gasteiger partial charge in [0.25, 0.3) is 0 Å². The van der Waals surface area contributed by atoms with Gasteiger partial charge >= 0.3 is 12.5 Å². The number of nitrogens with zero attached hydrogens (tertiary/aromatic N) is 4. The van der Waals surface area contributed by atoms with Gasteiger partial charge in [-0.3, -0.25) is 9.78 Å². The van der Waals surface area contributed by atoms with Crippen LogP contribution < -0.4 is 10.1 Å². The van der Waals surface area contributed by atoms with Gasteiger partial charge < -0.3 is 10.1 Å². The molecular weight excluding hydrogens is 587 g/mol. The minimum Gasteiger partial charge on any atom is -0.404 e. The van der Waals surface area contributed by atoms with Gasteiger partial charge in [-0.2, -0.15) is 17.5 Å². The van der Waals surface area contributed by atoms with Crippen molar-refractivity contribution in [2.24, 2.45) is 0 Å². The second-order valence-corrected chi connectivity index (χ2v) is 10.8. The van der Waals surface area contributed by atoms with Gasteiger partial charge in [-0.05, 0) is 50.1 Å². The summed E-state index contributed by atoms with van der Waals surface area (Å²) in [7, 11) is -4.24. The number of amides is 1. The van der Waals surface area contributed by atoms with E-state index < -0.39 is 64.5 Å². The van der Waals surface area contributed by atoms with Gasteiger partial charge in [0.2, 0.25) is 21.8 Å². The third-order valence-electron chi connectivity index (χ3n) is 6.12. The van der Waals surface area contributed by atoms with Crippen LogP contribution in [0.4, 0.5) is 30.7 Å². The molecule has 0 bridgehead atoms. The number of aromatic nitrogens is 3. The SMILES string of the molecule is C[C@H]1CC[C@@H](C(=O)NCc2cc(-c3cnc(C(F)(F)F)nc3)ncc2OC(F)(F)F)N1S(=O)(=O)c1ccc(F)cc1. The summed E-state index contributed by atoms with van der Waals surface area (Å²) in [6.45, 7) is 0.988. The van der Waals surface area contributed by atoms with E-state index in [0.717, 1.165) is 47.0 Å². The monoisotopic (exact) mass is 607 g/mol. The lowest BCUT2D eigenvalue weighted by atomic mass is 10.1. The van der Waals surface area contributed by atoms with E-state index in [0.29, 0.717) is 12.6 Å². The summed E-state index contributed by atoms with van der Waals surface area (Å²) in [6, 6.07) is 3.21. The fraction of sp³-hybridized carbons (Fsp3) is 0.333. The number of carbonyl (C=O) groups is 1. The number of pyridine rings is 1. The smallest absolute Gasteiger partial charge is 0.404 e. The van der Waals surface area contributed by atoms with Crippen LogP contribution in [0, 0.1) is 5.82 Å². The Labute approximate surface area is 228 Å². The normalized spacial score (nSPS) is 18.3. The predicted molar refractivity (Wildman–Crippen MR) is 127 cm³/mol. The molecule has 9 nitrogen and oxygen atoms in total. The van der Waals surface area contributed by atoms with Gasteiger partial charge in [0.15, 0.2) is 5.75 Å². The van der Waals surface area contributed by atoms with Gasteiger partial charge in [0.05, 0.1) is 16.8 Å². The molecule has 2 atom stereocenters. The van der Waals surface area contributed by atoms with Crippen LogP contribution in [0.15, 0.2) is 53.8 Å². The lowest BCUT2D eigenvalue weighted by Gasteiger charge is -2.27. The molecule has 0 saturated carbocycles. The fourth-order valence-electron chi connectivity index (χ4n) is 4.24. The number of hydrogen-bond acceptors (Lipinski definition) is 7. The summed E-state index contributed by atoms with van der Waals surface area (Å²) in [5.41, 5.74) is -0.447. The largest absolute Gasteiger partial charge is 0.573 e. The third-order valence-corrected chi connectivity index (χ3v) is 8.16. The molecule has 0 unspecified atom stereocenters. The van der Waals surface area contributed by atoms with Crippen molar-refractivity contribution in [2.45, 2.75) is 55.8 Å². The average molecular weight is 608 g/mol. The van der Waals surface area contributed by atoms with E-state index in [1.165, 1.54) is 0 Å². The highest BCUT2D eigenvalue weighted by Gasteiger charge is 2.44. The first-order valence-corrected chi connectivity index (χ1v) is 13.2. The standard InChI is InChI=1S/C24H20F7N5O4S/c1-13-2-7-19(36(13)41(38,39)17-5-3-16(25)4-6-17)21(37)33-9-14-8-18(32-12-20(14)40-24(29,30)31)15-10-34-22(35-11-15)23(26,27)28/h3-6,8,10-13,19H,2,7,9H2,1H3,(H,33,37)/t13-,19-/m0/s1. The highest BCUT2D eigenvalue weighted by atomic mass is 32.2. The Morgan fingerprint density at radius 2 is 1.66 bits per heavy atom. The first-order valence-electron chi connectivity index (χ1n) is 11.8. The Kier molecular flexibility index (Phi) is 8.22. The lowest BCUT2D eigenvalue weighted by Crippen LogP contribution is -2.48. The number of nitrogens with one attached hydrogen (secondary N) is 1. The van der Waals surface area contributed by atoms with Crippen molar-refractivity contribution in [3.05, 3.63) is 66.1 Å². The van der Waals surface area contributed by atoms with E-state index in [-0.39, 0.29) is 28.1 Å². The summed E-state index contributed by atoms with van der Waals surface area (Å²) in [5.74, 6) is -3.72. The van der Waals surface area contributed by atoms with Crippen LogP contribution in [0.5, 0.6) is 5.75 Å². The zero-order chi connectivity index (χ0) is 30.2. The summed E-state index contributed by atoms with van der Waals surface area (Å²) >= 11 is 0. The van der Waals surface area contributed by atoms with E-state index in [4.69, 9.17) is 0 Å². The molecule has 0 aliphatic carbocycles. The van der Waals surface area contributed by atoms with Crippen LogP contribution in [0.25, 0.3) is 11.3 Å². The summed E-state index contributed by atoms with van der Waals surface area (Å²) < 4.78 is 122. The molecule has 1 amide bonds. The highest BCUT2D eigenvalue weighted by Crippen LogP contribution is 2.33. The van der Waals surface area contributed by atoms with Crippen LogP contribution in [0.2, 0.25) is 0 Å². The van der Waals surface area contributed by atoms with Gasteiger partial charge in [-0.25, -0.2) is 22.8 Å². The molecule has 3 aromatic rings. The third kappa shape index (κ3) is 6.90. The molecule has 1 fully saturated rings. The number of sulfonamides is 1. The number of hydrogen-bond donors (Lipinski definition) is 1. The second-order valence-electron chi connectivity index (χ2n) is 8.97. The van der Waals surface area contributed by atoms with Gasteiger partial charge in [0, 0.05) is 36.1 Å². The molecule has 0 spiro atoms. The van der Waals surface area contributed by atoms with E-state index in [1.54, 1.807) is 6.92 Å². The molecule has 17 heteroatoms. The Morgan fingerprint density at radius 1 is 1.02 bits per heavy atom. The van der Waals surface area contributed by atoms with Crippen molar-refractivity contribution < 1.29 is 48.7 Å². The Morgan fingerprint density at radius 3 is 2.24 bits per heavy atom. The number of alkyl halides is 6. The highest BCUT2D eigenvalue weighted by molar-refractivity contribution is 7.89. The zero-order valence-electron chi connectivity index (χ0n) is 20.9. The summed E-state index contributed by atoms with van der Waals surface area (Å²) in [4.78, 5) is 23.0. The second kappa shape index (κ2) is 11.2. The van der Waals surface area contributed by atoms with Crippen LogP contribution in [-0.2, 0) is 27.5 Å². The van der Waals surface area contributed by atoms with Gasteiger partial charge in [0.1, 0.15) is 11.9 Å². The number of benzene rings is 1. The Bertz CT molecular complexity index is 1520. The molecule has 1 aliphatic rings. The van der Waals surface area contributed by atoms with Crippen molar-refractivity contribution in [3.63, 3.8) is 0 Å². The molecule has 41 heavy (non-hydrogen) atoms. The molecular formula is C24H20F7N5O4S. The maximum Gasteiger partial charge on any atom is 0.573 e. The first kappa shape index (κ1) is 30.1. The van der Waals surface area contributed by atoms with Crippen molar-refractivity contribution in [1.29, 1.82) is 0 Å². The van der Waals surface area contributed by atoms with Crippen molar-refractivity contribution in [1.82, 2.24) is 24.6 Å². The first-order chi connectivity index (χ1) is 19.1. The lowest BCUT2D eigenvalue weighted by molar-refractivity contribution is -0.275. The van der Waals surface area contributed by atoms with E-state index in [2.05, 4.69) is 25.0 Å². The molecule has 4 rings (SSSR count). The molecule has 1 saturated heterocycles. The molecule has 3 heterocycles. The topological polar surface area (TPSA) is 114 Å². The van der Waals surface area contributed by atoms with Crippen molar-refractivity contribution >= 4 is 15.9 Å². The predicted octanol–water partition coefficient (Wildman–Crippen LogP) is 4.45. The average Bonchev–Trinajstić information content (AvgIpc) is 3.29. The molecule has 2 aromatic heterocycles. The minimum atomic E-state index is -5.14. The molecule has 1 N–H and O–H groups in total. The zero-order valence-corrected chi connectivity index (χ0v) is 21.7. The number of carbonyl (C=O) groups excluding carboxylic acids is 1. The van der Waals surface area contributed by atoms with E-state index in [9.17, 15) is 43.9 Å². The minimum absolute atomic E-state index is 0.0645. The quantitative estimate of drug-likeness (QED) is 0.395. The number of rotatable bonds is 7. The number of ether oxygens (including phenoxy) is 1. The maximum absolute atomic E-state index is 13.3. The molecule has 1 aliphatic heterocycles. The summed E-state index contributed by atoms with van der Waals surface area (Å²) in [5, 5.41) is 2.40. The van der Waals surface area contributed by atoms with Crippen molar-refractivity contribution in [2.75, 3.05) is 0 Å². The maximum atomic E-state index is 13.3. The molecule has 0 radical (unpaired) electrons. The fourth-order valence-corrected chi connectivity index (χ4v) is 6.08.